The van der Waals surface area contributed by atoms with E-state index in [1.807, 2.05) is 19.1 Å². The van der Waals surface area contributed by atoms with Crippen molar-refractivity contribution in [2.45, 2.75) is 18.8 Å². The van der Waals surface area contributed by atoms with E-state index in [1.165, 1.54) is 29.2 Å². The molecule has 0 aromatic heterocycles. The van der Waals surface area contributed by atoms with Crippen molar-refractivity contribution in [3.05, 3.63) is 65.5 Å². The van der Waals surface area contributed by atoms with Crippen LogP contribution in [0.25, 0.3) is 0 Å². The number of halogens is 1. The number of ether oxygens (including phenoxy) is 1. The number of cyclic esters (lactones) is 1. The number of nitrogens with one attached hydrogen (secondary N) is 1. The molecule has 2 aromatic rings. The van der Waals surface area contributed by atoms with Crippen molar-refractivity contribution in [1.29, 1.82) is 0 Å². The van der Waals surface area contributed by atoms with Gasteiger partial charge in [0.05, 0.1) is 12.3 Å². The van der Waals surface area contributed by atoms with Gasteiger partial charge in [-0.1, -0.05) is 29.8 Å². The highest BCUT2D eigenvalue weighted by Crippen LogP contribution is 2.21. The first-order valence-electron chi connectivity index (χ1n) is 8.09. The predicted octanol–water partition coefficient (Wildman–Crippen LogP) is 2.58. The molecule has 1 unspecified atom stereocenters. The molecular formula is C18H19FN2O4S. The summed E-state index contributed by atoms with van der Waals surface area (Å²) >= 11 is 0. The third-order valence-corrected chi connectivity index (χ3v) is 5.30. The topological polar surface area (TPSA) is 75.7 Å². The van der Waals surface area contributed by atoms with Crippen LogP contribution in [0.2, 0.25) is 0 Å². The molecule has 0 saturated carbocycles. The van der Waals surface area contributed by atoms with E-state index in [9.17, 15) is 17.6 Å². The fourth-order valence-corrected chi connectivity index (χ4v) is 3.91. The monoisotopic (exact) mass is 378 g/mol. The van der Waals surface area contributed by atoms with Gasteiger partial charge in [-0.25, -0.2) is 22.3 Å². The highest BCUT2D eigenvalue weighted by molar-refractivity contribution is 7.88. The summed E-state index contributed by atoms with van der Waals surface area (Å²) in [4.78, 5) is 13.3. The van der Waals surface area contributed by atoms with Gasteiger partial charge in [-0.05, 0) is 36.8 Å². The Morgan fingerprint density at radius 2 is 1.96 bits per heavy atom. The van der Waals surface area contributed by atoms with E-state index in [4.69, 9.17) is 4.74 Å². The fraction of sp³-hybridized carbons (Fsp3) is 0.278. The van der Waals surface area contributed by atoms with Crippen LogP contribution in [0.5, 0.6) is 0 Å². The Morgan fingerprint density at radius 3 is 2.65 bits per heavy atom. The lowest BCUT2D eigenvalue weighted by molar-refractivity contribution is 0.143. The highest BCUT2D eigenvalue weighted by atomic mass is 32.2. The van der Waals surface area contributed by atoms with Crippen molar-refractivity contribution in [2.24, 2.45) is 0 Å². The second kappa shape index (κ2) is 7.43. The number of aryl methyl sites for hydroxylation is 1. The van der Waals surface area contributed by atoms with E-state index in [2.05, 4.69) is 4.72 Å². The zero-order chi connectivity index (χ0) is 18.7. The minimum Gasteiger partial charge on any atom is -0.443 e. The fourth-order valence-electron chi connectivity index (χ4n) is 2.75. The van der Waals surface area contributed by atoms with E-state index in [0.29, 0.717) is 11.3 Å². The molecule has 1 aliphatic rings. The molecule has 1 saturated heterocycles. The van der Waals surface area contributed by atoms with Crippen molar-refractivity contribution in [2.75, 3.05) is 18.0 Å². The molecule has 1 atom stereocenters. The number of anilines is 1. The van der Waals surface area contributed by atoms with Gasteiger partial charge in [0, 0.05) is 12.2 Å². The van der Waals surface area contributed by atoms with E-state index < -0.39 is 28.0 Å². The average molecular weight is 378 g/mol. The van der Waals surface area contributed by atoms with Gasteiger partial charge in [-0.3, -0.25) is 4.90 Å². The number of nitrogens with zero attached hydrogens (tertiary/aromatic N) is 1. The van der Waals surface area contributed by atoms with E-state index in [1.54, 1.807) is 12.1 Å². The molecule has 3 rings (SSSR count). The van der Waals surface area contributed by atoms with Crippen molar-refractivity contribution < 1.29 is 22.3 Å². The summed E-state index contributed by atoms with van der Waals surface area (Å²) in [5.74, 6) is -0.543. The zero-order valence-electron chi connectivity index (χ0n) is 14.2. The molecule has 0 bridgehead atoms. The number of carbonyl (C=O) groups excluding carboxylic acids is 1. The Kier molecular flexibility index (Phi) is 5.24. The summed E-state index contributed by atoms with van der Waals surface area (Å²) in [5.41, 5.74) is 2.17. The van der Waals surface area contributed by atoms with Crippen LogP contribution in [-0.2, 0) is 20.5 Å². The molecule has 26 heavy (non-hydrogen) atoms. The maximum Gasteiger partial charge on any atom is 0.414 e. The zero-order valence-corrected chi connectivity index (χ0v) is 15.0. The molecule has 1 heterocycles. The maximum absolute atomic E-state index is 13.0. The van der Waals surface area contributed by atoms with Crippen molar-refractivity contribution >= 4 is 21.8 Å². The quantitative estimate of drug-likeness (QED) is 0.838. The minimum atomic E-state index is -3.55. The van der Waals surface area contributed by atoms with E-state index >= 15 is 0 Å². The molecule has 0 spiro atoms. The molecule has 1 aliphatic heterocycles. The predicted molar refractivity (Wildman–Crippen MR) is 95.8 cm³/mol. The Morgan fingerprint density at radius 1 is 1.23 bits per heavy atom. The number of sulfonamides is 1. The van der Waals surface area contributed by atoms with Gasteiger partial charge >= 0.3 is 6.09 Å². The lowest BCUT2D eigenvalue weighted by Crippen LogP contribution is -2.35. The lowest BCUT2D eigenvalue weighted by Gasteiger charge is -2.13. The van der Waals surface area contributed by atoms with Crippen molar-refractivity contribution in [1.82, 2.24) is 4.72 Å². The summed E-state index contributed by atoms with van der Waals surface area (Å²) in [6.07, 6.45) is -1.20. The van der Waals surface area contributed by atoms with Crippen LogP contribution in [0.4, 0.5) is 14.9 Å². The molecule has 1 N–H and O–H groups in total. The molecule has 2 aromatic carbocycles. The van der Waals surface area contributed by atoms with Gasteiger partial charge in [-0.15, -0.1) is 0 Å². The van der Waals surface area contributed by atoms with Gasteiger partial charge in [-0.2, -0.15) is 0 Å². The average Bonchev–Trinajstić information content (AvgIpc) is 2.94. The number of hydrogen-bond acceptors (Lipinski definition) is 4. The summed E-state index contributed by atoms with van der Waals surface area (Å²) in [6.45, 7) is 2.07. The molecule has 1 fully saturated rings. The standard InChI is InChI=1S/C18H19FN2O4S/c1-13-3-2-4-14(9-13)12-26(23,24)20-10-17-11-21(18(22)25-17)16-7-5-15(19)6-8-16/h2-9,17,20H,10-12H2,1H3. The second-order valence-electron chi connectivity index (χ2n) is 6.19. The van der Waals surface area contributed by atoms with Crippen molar-refractivity contribution in [3.63, 3.8) is 0 Å². The number of rotatable bonds is 6. The summed E-state index contributed by atoms with van der Waals surface area (Å²) < 4.78 is 45.1. The van der Waals surface area contributed by atoms with Crippen LogP contribution in [-0.4, -0.2) is 33.7 Å². The molecule has 138 valence electrons. The van der Waals surface area contributed by atoms with E-state index in [-0.39, 0.29) is 18.8 Å². The maximum atomic E-state index is 13.0. The summed E-state index contributed by atoms with van der Waals surface area (Å²) in [5, 5.41) is 0. The first kappa shape index (κ1) is 18.3. The Hall–Kier alpha value is -2.45. The van der Waals surface area contributed by atoms with Gasteiger partial charge in [0.1, 0.15) is 11.9 Å². The van der Waals surface area contributed by atoms with Crippen LogP contribution in [0.3, 0.4) is 0 Å². The first-order valence-corrected chi connectivity index (χ1v) is 9.74. The van der Waals surface area contributed by atoms with Crippen LogP contribution in [0.1, 0.15) is 11.1 Å². The van der Waals surface area contributed by atoms with Gasteiger partial charge in [0.15, 0.2) is 0 Å². The summed E-state index contributed by atoms with van der Waals surface area (Å²) in [6, 6.07) is 12.7. The Bertz CT molecular complexity index is 900. The number of amides is 1. The van der Waals surface area contributed by atoms with Crippen LogP contribution in [0, 0.1) is 12.7 Å². The van der Waals surface area contributed by atoms with Gasteiger partial charge in [0.2, 0.25) is 10.0 Å². The Labute approximate surface area is 151 Å². The lowest BCUT2D eigenvalue weighted by atomic mass is 10.2. The highest BCUT2D eigenvalue weighted by Gasteiger charge is 2.33. The largest absolute Gasteiger partial charge is 0.443 e. The van der Waals surface area contributed by atoms with Crippen LogP contribution >= 0.6 is 0 Å². The third kappa shape index (κ3) is 4.59. The third-order valence-electron chi connectivity index (χ3n) is 3.98. The normalized spacial score (nSPS) is 17.4. The molecule has 6 nitrogen and oxygen atoms in total. The minimum absolute atomic E-state index is 0.0163. The van der Waals surface area contributed by atoms with Gasteiger partial charge in [0.25, 0.3) is 0 Å². The number of benzene rings is 2. The smallest absolute Gasteiger partial charge is 0.414 e. The SMILES string of the molecule is Cc1cccc(CS(=O)(=O)NCC2CN(c3ccc(F)cc3)C(=O)O2)c1. The van der Waals surface area contributed by atoms with E-state index in [0.717, 1.165) is 5.56 Å². The Balaban J connectivity index is 1.58. The number of hydrogen-bond donors (Lipinski definition) is 1. The molecule has 0 radical (unpaired) electrons. The molecule has 0 aliphatic carbocycles. The van der Waals surface area contributed by atoms with Gasteiger partial charge < -0.3 is 4.74 Å². The first-order chi connectivity index (χ1) is 12.3. The molecular weight excluding hydrogens is 359 g/mol. The molecule has 8 heteroatoms. The molecule has 1 amide bonds. The van der Waals surface area contributed by atoms with Crippen LogP contribution in [0.15, 0.2) is 48.5 Å². The summed E-state index contributed by atoms with van der Waals surface area (Å²) in [7, 11) is -3.55. The van der Waals surface area contributed by atoms with Crippen molar-refractivity contribution in [3.8, 4) is 0 Å². The second-order valence-corrected chi connectivity index (χ2v) is 8.00. The number of carbonyl (C=O) groups is 1. The van der Waals surface area contributed by atoms with Crippen LogP contribution < -0.4 is 9.62 Å².